The van der Waals surface area contributed by atoms with Gasteiger partial charge in [-0.3, -0.25) is 5.32 Å². The van der Waals surface area contributed by atoms with Crippen molar-refractivity contribution in [2.24, 2.45) is 0 Å². The highest BCUT2D eigenvalue weighted by molar-refractivity contribution is 6.03. The van der Waals surface area contributed by atoms with Crippen LogP contribution in [0.5, 0.6) is 0 Å². The van der Waals surface area contributed by atoms with Crippen LogP contribution in [0.2, 0.25) is 0 Å². The monoisotopic (exact) mass is 271 g/mol. The fraction of sp³-hybridized carbons (Fsp3) is 0.0714. The summed E-state index contributed by atoms with van der Waals surface area (Å²) in [6.45, 7) is 1.94. The molecule has 2 aromatic rings. The molecule has 1 heterocycles. The number of amides is 2. The Balaban J connectivity index is 2.08. The van der Waals surface area contributed by atoms with Gasteiger partial charge >= 0.3 is 12.0 Å². The zero-order valence-electron chi connectivity index (χ0n) is 10.8. The first kappa shape index (κ1) is 13.5. The molecule has 1 aromatic heterocycles. The van der Waals surface area contributed by atoms with Gasteiger partial charge in [0.1, 0.15) is 11.4 Å². The molecule has 20 heavy (non-hydrogen) atoms. The Morgan fingerprint density at radius 2 is 1.80 bits per heavy atom. The van der Waals surface area contributed by atoms with Crippen molar-refractivity contribution < 1.29 is 14.7 Å². The number of rotatable bonds is 3. The minimum Gasteiger partial charge on any atom is -0.478 e. The molecule has 0 fully saturated rings. The van der Waals surface area contributed by atoms with Gasteiger partial charge in [-0.2, -0.15) is 0 Å². The van der Waals surface area contributed by atoms with E-state index in [2.05, 4.69) is 15.6 Å². The first-order chi connectivity index (χ1) is 9.56. The third-order valence-corrected chi connectivity index (χ3v) is 2.58. The van der Waals surface area contributed by atoms with E-state index in [1.807, 2.05) is 19.1 Å². The molecule has 0 aliphatic rings. The quantitative estimate of drug-likeness (QED) is 0.800. The van der Waals surface area contributed by atoms with Crippen molar-refractivity contribution in [1.29, 1.82) is 0 Å². The van der Waals surface area contributed by atoms with Crippen LogP contribution < -0.4 is 10.6 Å². The highest BCUT2D eigenvalue weighted by atomic mass is 16.4. The number of carboxylic acid groups (broad SMARTS) is 1. The van der Waals surface area contributed by atoms with E-state index >= 15 is 0 Å². The summed E-state index contributed by atoms with van der Waals surface area (Å²) in [5, 5.41) is 14.0. The topological polar surface area (TPSA) is 91.3 Å². The molecule has 0 saturated carbocycles. The Kier molecular flexibility index (Phi) is 3.95. The average molecular weight is 271 g/mol. The van der Waals surface area contributed by atoms with Gasteiger partial charge in [0.15, 0.2) is 0 Å². The number of carbonyl (C=O) groups excluding carboxylic acids is 1. The van der Waals surface area contributed by atoms with Crippen LogP contribution in [0.4, 0.5) is 16.3 Å². The van der Waals surface area contributed by atoms with Crippen molar-refractivity contribution in [3.63, 3.8) is 0 Å². The summed E-state index contributed by atoms with van der Waals surface area (Å²) >= 11 is 0. The fourth-order valence-electron chi connectivity index (χ4n) is 1.58. The van der Waals surface area contributed by atoms with Gasteiger partial charge in [0.05, 0.1) is 0 Å². The molecule has 2 rings (SSSR count). The minimum atomic E-state index is -1.15. The molecular weight excluding hydrogens is 258 g/mol. The van der Waals surface area contributed by atoms with E-state index in [1.54, 1.807) is 12.1 Å². The zero-order chi connectivity index (χ0) is 14.5. The Hall–Kier alpha value is -2.89. The number of nitrogens with zero attached hydrogens (tertiary/aromatic N) is 1. The number of carboxylic acids is 1. The van der Waals surface area contributed by atoms with Crippen molar-refractivity contribution in [3.8, 4) is 0 Å². The molecule has 6 heteroatoms. The number of aryl methyl sites for hydroxylation is 1. The van der Waals surface area contributed by atoms with Crippen molar-refractivity contribution >= 4 is 23.5 Å². The summed E-state index contributed by atoms with van der Waals surface area (Å²) in [6.07, 6.45) is 1.41. The number of pyridine rings is 1. The third-order valence-electron chi connectivity index (χ3n) is 2.58. The van der Waals surface area contributed by atoms with E-state index in [-0.39, 0.29) is 11.4 Å². The van der Waals surface area contributed by atoms with Crippen LogP contribution in [0.3, 0.4) is 0 Å². The number of urea groups is 1. The first-order valence-electron chi connectivity index (χ1n) is 5.89. The molecule has 0 saturated heterocycles. The molecule has 102 valence electrons. The van der Waals surface area contributed by atoms with Crippen molar-refractivity contribution in [2.45, 2.75) is 6.92 Å². The number of hydrogen-bond acceptors (Lipinski definition) is 3. The van der Waals surface area contributed by atoms with Crippen LogP contribution in [-0.4, -0.2) is 22.1 Å². The summed E-state index contributed by atoms with van der Waals surface area (Å²) in [4.78, 5) is 26.6. The Labute approximate surface area is 115 Å². The second-order valence-corrected chi connectivity index (χ2v) is 4.15. The number of benzene rings is 1. The third kappa shape index (κ3) is 3.32. The summed E-state index contributed by atoms with van der Waals surface area (Å²) in [6, 6.07) is 9.55. The van der Waals surface area contributed by atoms with Gasteiger partial charge < -0.3 is 10.4 Å². The van der Waals surface area contributed by atoms with E-state index < -0.39 is 12.0 Å². The fourth-order valence-corrected chi connectivity index (χ4v) is 1.58. The van der Waals surface area contributed by atoms with Crippen LogP contribution >= 0.6 is 0 Å². The number of nitrogens with one attached hydrogen (secondary N) is 2. The predicted octanol–water partition coefficient (Wildman–Crippen LogP) is 2.73. The van der Waals surface area contributed by atoms with Gasteiger partial charge in [0.25, 0.3) is 0 Å². The predicted molar refractivity (Wildman–Crippen MR) is 75.0 cm³/mol. The second-order valence-electron chi connectivity index (χ2n) is 4.15. The maximum atomic E-state index is 11.8. The highest BCUT2D eigenvalue weighted by Gasteiger charge is 2.12. The van der Waals surface area contributed by atoms with Crippen LogP contribution in [0.25, 0.3) is 0 Å². The van der Waals surface area contributed by atoms with E-state index in [0.717, 1.165) is 5.56 Å². The van der Waals surface area contributed by atoms with Gasteiger partial charge in [-0.05, 0) is 31.2 Å². The molecule has 0 bridgehead atoms. The van der Waals surface area contributed by atoms with Crippen molar-refractivity contribution in [1.82, 2.24) is 4.98 Å². The van der Waals surface area contributed by atoms with Gasteiger partial charge in [-0.15, -0.1) is 0 Å². The number of anilines is 2. The van der Waals surface area contributed by atoms with Crippen LogP contribution in [0.1, 0.15) is 15.9 Å². The lowest BCUT2D eigenvalue weighted by Crippen LogP contribution is -2.21. The number of hydrogen-bond donors (Lipinski definition) is 3. The van der Waals surface area contributed by atoms with E-state index in [4.69, 9.17) is 5.11 Å². The van der Waals surface area contributed by atoms with Crippen LogP contribution in [-0.2, 0) is 0 Å². The van der Waals surface area contributed by atoms with Crippen LogP contribution in [0, 0.1) is 6.92 Å². The normalized spacial score (nSPS) is 9.85. The number of carbonyl (C=O) groups is 2. The van der Waals surface area contributed by atoms with E-state index in [9.17, 15) is 9.59 Å². The van der Waals surface area contributed by atoms with E-state index in [1.165, 1.54) is 18.3 Å². The standard InChI is InChI=1S/C14H13N3O3/c1-9-4-6-10(7-5-9)16-14(20)17-12-11(13(18)19)3-2-8-15-12/h2-8H,1H3,(H,18,19)(H2,15,16,17,20). The molecule has 0 aliphatic carbocycles. The Morgan fingerprint density at radius 3 is 2.45 bits per heavy atom. The molecule has 0 atom stereocenters. The lowest BCUT2D eigenvalue weighted by Gasteiger charge is -2.09. The molecule has 1 aromatic carbocycles. The van der Waals surface area contributed by atoms with Gasteiger partial charge in [0, 0.05) is 11.9 Å². The van der Waals surface area contributed by atoms with Gasteiger partial charge in [-0.1, -0.05) is 17.7 Å². The summed E-state index contributed by atoms with van der Waals surface area (Å²) < 4.78 is 0. The number of aromatic nitrogens is 1. The zero-order valence-corrected chi connectivity index (χ0v) is 10.8. The lowest BCUT2D eigenvalue weighted by atomic mass is 10.2. The summed E-state index contributed by atoms with van der Waals surface area (Å²) in [5.74, 6) is -1.15. The Morgan fingerprint density at radius 1 is 1.10 bits per heavy atom. The van der Waals surface area contributed by atoms with E-state index in [0.29, 0.717) is 5.69 Å². The first-order valence-corrected chi connectivity index (χ1v) is 5.89. The molecular formula is C14H13N3O3. The van der Waals surface area contributed by atoms with Gasteiger partial charge in [0.2, 0.25) is 0 Å². The summed E-state index contributed by atoms with van der Waals surface area (Å²) in [7, 11) is 0. The van der Waals surface area contributed by atoms with Crippen molar-refractivity contribution in [2.75, 3.05) is 10.6 Å². The molecule has 0 aliphatic heterocycles. The molecule has 0 unspecified atom stereocenters. The molecule has 0 radical (unpaired) electrons. The van der Waals surface area contributed by atoms with Crippen LogP contribution in [0.15, 0.2) is 42.6 Å². The van der Waals surface area contributed by atoms with Crippen molar-refractivity contribution in [3.05, 3.63) is 53.7 Å². The largest absolute Gasteiger partial charge is 0.478 e. The Bertz CT molecular complexity index is 638. The highest BCUT2D eigenvalue weighted by Crippen LogP contribution is 2.13. The molecule has 3 N–H and O–H groups in total. The molecule has 2 amide bonds. The average Bonchev–Trinajstić information content (AvgIpc) is 2.41. The lowest BCUT2D eigenvalue weighted by molar-refractivity contribution is 0.0697. The van der Waals surface area contributed by atoms with Gasteiger partial charge in [-0.25, -0.2) is 14.6 Å². The smallest absolute Gasteiger partial charge is 0.339 e. The minimum absolute atomic E-state index is 0.00427. The second kappa shape index (κ2) is 5.83. The summed E-state index contributed by atoms with van der Waals surface area (Å²) in [5.41, 5.74) is 1.63. The maximum Gasteiger partial charge on any atom is 0.339 e. The number of aromatic carboxylic acids is 1. The maximum absolute atomic E-state index is 11.8. The molecule has 0 spiro atoms. The SMILES string of the molecule is Cc1ccc(NC(=O)Nc2ncccc2C(=O)O)cc1. The molecule has 6 nitrogen and oxygen atoms in total.